The van der Waals surface area contributed by atoms with Crippen LogP contribution in [0.25, 0.3) is 0 Å². The van der Waals surface area contributed by atoms with Gasteiger partial charge >= 0.3 is 5.97 Å². The van der Waals surface area contributed by atoms with Gasteiger partial charge in [0.1, 0.15) is 6.04 Å². The Balaban J connectivity index is 1.98. The zero-order valence-corrected chi connectivity index (χ0v) is 18.2. The van der Waals surface area contributed by atoms with Gasteiger partial charge in [0.15, 0.2) is 12.4 Å². The minimum Gasteiger partial charge on any atom is -0.454 e. The Morgan fingerprint density at radius 1 is 1.10 bits per heavy atom. The van der Waals surface area contributed by atoms with E-state index in [0.29, 0.717) is 4.47 Å². The van der Waals surface area contributed by atoms with E-state index in [2.05, 4.69) is 21.2 Å². The number of hydrogen-bond donors (Lipinski definition) is 3. The van der Waals surface area contributed by atoms with E-state index in [4.69, 9.17) is 4.74 Å². The number of amides is 1. The molecule has 0 aliphatic carbocycles. The van der Waals surface area contributed by atoms with Crippen LogP contribution in [0.5, 0.6) is 0 Å². The normalized spacial score (nSPS) is 12.1. The van der Waals surface area contributed by atoms with Crippen molar-refractivity contribution < 1.29 is 32.6 Å². The molecule has 0 aliphatic rings. The first kappa shape index (κ1) is 23.7. The highest BCUT2D eigenvalue weighted by Crippen LogP contribution is 2.16. The number of aliphatic hydroxyl groups is 1. The third-order valence-electron chi connectivity index (χ3n) is 3.81. The number of aliphatic hydroxyl groups excluding tert-OH is 1. The summed E-state index contributed by atoms with van der Waals surface area (Å²) in [5, 5.41) is 11.8. The number of ether oxygens (including phenoxy) is 1. The van der Waals surface area contributed by atoms with E-state index < -0.39 is 41.2 Å². The highest BCUT2D eigenvalue weighted by atomic mass is 79.9. The molecular formula is C19H19BrN2O7S. The lowest BCUT2D eigenvalue weighted by Crippen LogP contribution is -2.44. The summed E-state index contributed by atoms with van der Waals surface area (Å²) >= 11 is 3.18. The second-order valence-corrected chi connectivity index (χ2v) is 8.70. The van der Waals surface area contributed by atoms with Crippen molar-refractivity contribution in [1.82, 2.24) is 4.72 Å². The van der Waals surface area contributed by atoms with Crippen LogP contribution in [0.3, 0.4) is 0 Å². The number of para-hydroxylation sites is 1. The van der Waals surface area contributed by atoms with E-state index in [1.165, 1.54) is 43.3 Å². The summed E-state index contributed by atoms with van der Waals surface area (Å²) < 4.78 is 32.2. The van der Waals surface area contributed by atoms with Crippen LogP contribution in [-0.4, -0.2) is 50.4 Å². The van der Waals surface area contributed by atoms with Gasteiger partial charge in [-0.15, -0.1) is 0 Å². The standard InChI is InChI=1S/C19H19BrN2O7S/c1-12(24)15-4-2-3-5-16(15)21-18(25)11-29-19(26)17(10-23)22-30(27,28)14-8-6-13(20)7-9-14/h2-9,17,22-23H,10-11H2,1H3,(H,21,25). The number of ketones is 1. The summed E-state index contributed by atoms with van der Waals surface area (Å²) in [7, 11) is -4.11. The number of carbonyl (C=O) groups excluding carboxylic acids is 3. The Morgan fingerprint density at radius 3 is 2.33 bits per heavy atom. The predicted molar refractivity (Wildman–Crippen MR) is 111 cm³/mol. The van der Waals surface area contributed by atoms with E-state index in [-0.39, 0.29) is 21.9 Å². The van der Waals surface area contributed by atoms with Crippen molar-refractivity contribution >= 4 is 49.3 Å². The summed E-state index contributed by atoms with van der Waals surface area (Å²) in [6.45, 7) is -0.265. The van der Waals surface area contributed by atoms with Gasteiger partial charge in [-0.3, -0.25) is 14.4 Å². The lowest BCUT2D eigenvalue weighted by molar-refractivity contribution is -0.149. The molecule has 0 saturated heterocycles. The third kappa shape index (κ3) is 6.46. The maximum absolute atomic E-state index is 12.3. The smallest absolute Gasteiger partial charge is 0.327 e. The molecule has 2 rings (SSSR count). The average molecular weight is 499 g/mol. The maximum Gasteiger partial charge on any atom is 0.327 e. The highest BCUT2D eigenvalue weighted by molar-refractivity contribution is 9.10. The van der Waals surface area contributed by atoms with Gasteiger partial charge in [0.05, 0.1) is 17.2 Å². The van der Waals surface area contributed by atoms with Gasteiger partial charge in [-0.25, -0.2) is 8.42 Å². The number of carbonyl (C=O) groups is 3. The van der Waals surface area contributed by atoms with Crippen molar-refractivity contribution in [2.45, 2.75) is 17.9 Å². The number of nitrogens with one attached hydrogen (secondary N) is 2. The van der Waals surface area contributed by atoms with Crippen LogP contribution >= 0.6 is 15.9 Å². The minimum atomic E-state index is -4.11. The Labute approximate surface area is 181 Å². The van der Waals surface area contributed by atoms with Gasteiger partial charge in [-0.1, -0.05) is 28.1 Å². The summed E-state index contributed by atoms with van der Waals surface area (Å²) in [5.74, 6) is -2.12. The van der Waals surface area contributed by atoms with Crippen LogP contribution in [0.1, 0.15) is 17.3 Å². The molecule has 0 bridgehead atoms. The summed E-state index contributed by atoms with van der Waals surface area (Å²) in [5.41, 5.74) is 0.536. The van der Waals surface area contributed by atoms with Crippen LogP contribution < -0.4 is 10.0 Å². The van der Waals surface area contributed by atoms with Crippen molar-refractivity contribution in [2.75, 3.05) is 18.5 Å². The molecule has 9 nitrogen and oxygen atoms in total. The van der Waals surface area contributed by atoms with Gasteiger partial charge in [-0.2, -0.15) is 4.72 Å². The summed E-state index contributed by atoms with van der Waals surface area (Å²) in [4.78, 5) is 35.6. The number of halogens is 1. The van der Waals surface area contributed by atoms with E-state index in [9.17, 15) is 27.9 Å². The average Bonchev–Trinajstić information content (AvgIpc) is 2.70. The van der Waals surface area contributed by atoms with E-state index >= 15 is 0 Å². The monoisotopic (exact) mass is 498 g/mol. The lowest BCUT2D eigenvalue weighted by atomic mass is 10.1. The molecule has 30 heavy (non-hydrogen) atoms. The van der Waals surface area contributed by atoms with Gasteiger partial charge in [0.2, 0.25) is 10.0 Å². The third-order valence-corrected chi connectivity index (χ3v) is 5.83. The fourth-order valence-corrected chi connectivity index (χ4v) is 3.79. The molecule has 2 aromatic rings. The lowest BCUT2D eigenvalue weighted by Gasteiger charge is -2.16. The Bertz CT molecular complexity index is 1040. The fourth-order valence-electron chi connectivity index (χ4n) is 2.35. The predicted octanol–water partition coefficient (Wildman–Crippen LogP) is 1.47. The molecule has 1 unspecified atom stereocenters. The van der Waals surface area contributed by atoms with Crippen molar-refractivity contribution in [3.05, 3.63) is 58.6 Å². The molecule has 11 heteroatoms. The Morgan fingerprint density at radius 2 is 1.73 bits per heavy atom. The molecule has 2 aromatic carbocycles. The number of anilines is 1. The van der Waals surface area contributed by atoms with E-state index in [0.717, 1.165) is 0 Å². The molecule has 0 aliphatic heterocycles. The topological polar surface area (TPSA) is 139 Å². The molecule has 1 atom stereocenters. The maximum atomic E-state index is 12.3. The first-order chi connectivity index (χ1) is 14.1. The molecule has 0 saturated carbocycles. The van der Waals surface area contributed by atoms with Crippen LogP contribution in [0, 0.1) is 0 Å². The van der Waals surface area contributed by atoms with Crippen LogP contribution in [0.2, 0.25) is 0 Å². The van der Waals surface area contributed by atoms with Crippen molar-refractivity contribution in [1.29, 1.82) is 0 Å². The number of benzene rings is 2. The minimum absolute atomic E-state index is 0.115. The molecule has 0 fully saturated rings. The second kappa shape index (κ2) is 10.4. The Hall–Kier alpha value is -2.60. The molecule has 0 heterocycles. The highest BCUT2D eigenvalue weighted by Gasteiger charge is 2.27. The van der Waals surface area contributed by atoms with Gasteiger partial charge in [0, 0.05) is 10.0 Å². The van der Waals surface area contributed by atoms with Crippen molar-refractivity contribution in [3.8, 4) is 0 Å². The summed E-state index contributed by atoms with van der Waals surface area (Å²) in [6.07, 6.45) is 0. The summed E-state index contributed by atoms with van der Waals surface area (Å²) in [6, 6.07) is 10.3. The largest absolute Gasteiger partial charge is 0.454 e. The molecule has 160 valence electrons. The first-order valence-electron chi connectivity index (χ1n) is 8.59. The van der Waals surface area contributed by atoms with Crippen molar-refractivity contribution in [2.24, 2.45) is 0 Å². The van der Waals surface area contributed by atoms with E-state index in [1.807, 2.05) is 4.72 Å². The SMILES string of the molecule is CC(=O)c1ccccc1NC(=O)COC(=O)C(CO)NS(=O)(=O)c1ccc(Br)cc1. The van der Waals surface area contributed by atoms with Crippen LogP contribution in [0.4, 0.5) is 5.69 Å². The zero-order chi connectivity index (χ0) is 22.3. The number of hydrogen-bond acceptors (Lipinski definition) is 7. The Kier molecular flexibility index (Phi) is 8.24. The van der Waals surface area contributed by atoms with Crippen LogP contribution in [0.15, 0.2) is 57.9 Å². The number of sulfonamides is 1. The van der Waals surface area contributed by atoms with Gasteiger partial charge < -0.3 is 15.2 Å². The number of rotatable bonds is 9. The van der Waals surface area contributed by atoms with Crippen LogP contribution in [-0.2, 0) is 24.3 Å². The molecule has 0 spiro atoms. The fraction of sp³-hybridized carbons (Fsp3) is 0.211. The molecule has 1 amide bonds. The molecule has 0 radical (unpaired) electrons. The number of esters is 1. The first-order valence-corrected chi connectivity index (χ1v) is 10.9. The zero-order valence-electron chi connectivity index (χ0n) is 15.8. The molecule has 0 aromatic heterocycles. The quantitative estimate of drug-likeness (QED) is 0.351. The van der Waals surface area contributed by atoms with Gasteiger partial charge in [0.25, 0.3) is 5.91 Å². The number of Topliss-reactive ketones (excluding diaryl/α,β-unsaturated/α-hetero) is 1. The van der Waals surface area contributed by atoms with Crippen molar-refractivity contribution in [3.63, 3.8) is 0 Å². The van der Waals surface area contributed by atoms with Gasteiger partial charge in [-0.05, 0) is 43.3 Å². The molecule has 3 N–H and O–H groups in total. The second-order valence-electron chi connectivity index (χ2n) is 6.07. The molecular weight excluding hydrogens is 480 g/mol. The van der Waals surface area contributed by atoms with E-state index in [1.54, 1.807) is 12.1 Å².